The van der Waals surface area contributed by atoms with Crippen LogP contribution >= 0.6 is 11.6 Å². The van der Waals surface area contributed by atoms with Gasteiger partial charge >= 0.3 is 6.03 Å². The number of likely N-dealkylation sites (tertiary alicyclic amines) is 1. The second kappa shape index (κ2) is 8.08. The Morgan fingerprint density at radius 3 is 2.30 bits per heavy atom. The van der Waals surface area contributed by atoms with Crippen LogP contribution < -0.4 is 10.6 Å². The smallest absolute Gasteiger partial charge is 0.322 e. The molecule has 7 nitrogen and oxygen atoms in total. The van der Waals surface area contributed by atoms with E-state index in [2.05, 4.69) is 10.6 Å². The Hall–Kier alpha value is -3.08. The zero-order valence-electron chi connectivity index (χ0n) is 14.2. The van der Waals surface area contributed by atoms with Crippen molar-refractivity contribution in [2.75, 3.05) is 17.2 Å². The van der Waals surface area contributed by atoms with Gasteiger partial charge in [-0.15, -0.1) is 0 Å². The lowest BCUT2D eigenvalue weighted by atomic mass is 10.1. The molecular weight excluding hydrogens is 368 g/mol. The van der Waals surface area contributed by atoms with Crippen molar-refractivity contribution in [3.05, 3.63) is 59.1 Å². The molecule has 2 aromatic carbocycles. The standard InChI is InChI=1S/C19H17ClN4O3/c20-13-3-7-15(8-4-13)23-19(27)24-11-16(25)9-17(24)18(26)22-14-5-1-12(10-21)2-6-14/h1-8,16-17,25H,9,11H2,(H,22,26)(H,23,27)/t16-,17-/m1/s1. The predicted octanol–water partition coefficient (Wildman–Crippen LogP) is 2.82. The number of halogens is 1. The van der Waals surface area contributed by atoms with Gasteiger partial charge in [0.1, 0.15) is 6.04 Å². The van der Waals surface area contributed by atoms with Gasteiger partial charge < -0.3 is 20.6 Å². The maximum atomic E-state index is 12.6. The third kappa shape index (κ3) is 4.56. The van der Waals surface area contributed by atoms with Crippen LogP contribution in [0.1, 0.15) is 12.0 Å². The number of carbonyl (C=O) groups is 2. The third-order valence-corrected chi connectivity index (χ3v) is 4.47. The second-order valence-corrected chi connectivity index (χ2v) is 6.61. The minimum absolute atomic E-state index is 0.0604. The van der Waals surface area contributed by atoms with E-state index in [0.717, 1.165) is 0 Å². The monoisotopic (exact) mass is 384 g/mol. The van der Waals surface area contributed by atoms with E-state index >= 15 is 0 Å². The van der Waals surface area contributed by atoms with Gasteiger partial charge in [0.15, 0.2) is 0 Å². The number of β-amino-alcohol motifs (C(OH)–C–C–N with tert-alkyl or cyclic N) is 1. The summed E-state index contributed by atoms with van der Waals surface area (Å²) in [5.74, 6) is -0.400. The highest BCUT2D eigenvalue weighted by molar-refractivity contribution is 6.30. The van der Waals surface area contributed by atoms with Gasteiger partial charge in [0.25, 0.3) is 0 Å². The van der Waals surface area contributed by atoms with E-state index in [-0.39, 0.29) is 13.0 Å². The summed E-state index contributed by atoms with van der Waals surface area (Å²) in [6.45, 7) is 0.0604. The molecule has 0 unspecified atom stereocenters. The van der Waals surface area contributed by atoms with Crippen molar-refractivity contribution in [3.63, 3.8) is 0 Å². The Morgan fingerprint density at radius 2 is 1.67 bits per heavy atom. The number of aliphatic hydroxyl groups is 1. The van der Waals surface area contributed by atoms with E-state index in [9.17, 15) is 14.7 Å². The highest BCUT2D eigenvalue weighted by atomic mass is 35.5. The van der Waals surface area contributed by atoms with Crippen LogP contribution in [0.5, 0.6) is 0 Å². The molecule has 1 fully saturated rings. The fourth-order valence-corrected chi connectivity index (χ4v) is 2.99. The molecule has 1 aliphatic rings. The van der Waals surface area contributed by atoms with Crippen LogP contribution in [0.2, 0.25) is 5.02 Å². The molecule has 0 aliphatic carbocycles. The maximum Gasteiger partial charge on any atom is 0.322 e. The van der Waals surface area contributed by atoms with Gasteiger partial charge in [-0.2, -0.15) is 5.26 Å². The Kier molecular flexibility index (Phi) is 5.60. The van der Waals surface area contributed by atoms with E-state index in [0.29, 0.717) is 22.0 Å². The quantitative estimate of drug-likeness (QED) is 0.756. The number of carbonyl (C=O) groups excluding carboxylic acids is 2. The average Bonchev–Trinajstić information content (AvgIpc) is 3.06. The Bertz CT molecular complexity index is 877. The first-order chi connectivity index (χ1) is 13.0. The summed E-state index contributed by atoms with van der Waals surface area (Å²) in [5, 5.41) is 24.7. The minimum atomic E-state index is -0.803. The number of hydrogen-bond acceptors (Lipinski definition) is 4. The number of anilines is 2. The summed E-state index contributed by atoms with van der Waals surface area (Å²) in [6, 6.07) is 13.7. The number of aliphatic hydroxyl groups excluding tert-OH is 1. The van der Waals surface area contributed by atoms with Crippen molar-refractivity contribution in [2.45, 2.75) is 18.6 Å². The lowest BCUT2D eigenvalue weighted by Crippen LogP contribution is -2.45. The third-order valence-electron chi connectivity index (χ3n) is 4.22. The maximum absolute atomic E-state index is 12.6. The second-order valence-electron chi connectivity index (χ2n) is 6.17. The predicted molar refractivity (Wildman–Crippen MR) is 101 cm³/mol. The van der Waals surface area contributed by atoms with Crippen molar-refractivity contribution in [1.29, 1.82) is 5.26 Å². The summed E-state index contributed by atoms with van der Waals surface area (Å²) < 4.78 is 0. The first kappa shape index (κ1) is 18.7. The largest absolute Gasteiger partial charge is 0.391 e. The summed E-state index contributed by atoms with van der Waals surface area (Å²) >= 11 is 5.83. The fourth-order valence-electron chi connectivity index (χ4n) is 2.87. The molecule has 138 valence electrons. The summed E-state index contributed by atoms with van der Waals surface area (Å²) in [6.07, 6.45) is -0.631. The molecule has 0 aromatic heterocycles. The van der Waals surface area contributed by atoms with E-state index < -0.39 is 24.1 Å². The van der Waals surface area contributed by atoms with Gasteiger partial charge in [-0.1, -0.05) is 11.6 Å². The molecule has 8 heteroatoms. The van der Waals surface area contributed by atoms with Gasteiger partial charge in [-0.05, 0) is 48.5 Å². The highest BCUT2D eigenvalue weighted by Crippen LogP contribution is 2.22. The molecule has 0 saturated carbocycles. The summed E-state index contributed by atoms with van der Waals surface area (Å²) in [5.41, 5.74) is 1.53. The zero-order valence-corrected chi connectivity index (χ0v) is 15.0. The zero-order chi connectivity index (χ0) is 19.4. The van der Waals surface area contributed by atoms with Crippen molar-refractivity contribution in [2.24, 2.45) is 0 Å². The molecule has 1 heterocycles. The fraction of sp³-hybridized carbons (Fsp3) is 0.211. The number of rotatable bonds is 3. The minimum Gasteiger partial charge on any atom is -0.391 e. The lowest BCUT2D eigenvalue weighted by molar-refractivity contribution is -0.119. The molecule has 0 bridgehead atoms. The Morgan fingerprint density at radius 1 is 1.07 bits per heavy atom. The molecule has 1 saturated heterocycles. The molecular formula is C19H17ClN4O3. The number of benzene rings is 2. The van der Waals surface area contributed by atoms with Gasteiger partial charge in [0, 0.05) is 29.4 Å². The number of nitriles is 1. The molecule has 0 spiro atoms. The molecule has 0 radical (unpaired) electrons. The van der Waals surface area contributed by atoms with E-state index in [1.807, 2.05) is 6.07 Å². The Balaban J connectivity index is 1.68. The first-order valence-electron chi connectivity index (χ1n) is 8.28. The molecule has 1 aliphatic heterocycles. The van der Waals surface area contributed by atoms with Crippen LogP contribution in [0.4, 0.5) is 16.2 Å². The molecule has 3 rings (SSSR count). The van der Waals surface area contributed by atoms with Gasteiger partial charge in [-0.3, -0.25) is 4.79 Å². The number of nitrogens with zero attached hydrogens (tertiary/aromatic N) is 2. The van der Waals surface area contributed by atoms with Crippen LogP contribution in [0.25, 0.3) is 0 Å². The molecule has 3 N–H and O–H groups in total. The number of amides is 3. The van der Waals surface area contributed by atoms with Gasteiger partial charge in [-0.25, -0.2) is 4.79 Å². The first-order valence-corrected chi connectivity index (χ1v) is 8.66. The van der Waals surface area contributed by atoms with Gasteiger partial charge in [0.05, 0.1) is 17.7 Å². The number of nitrogens with one attached hydrogen (secondary N) is 2. The van der Waals surface area contributed by atoms with E-state index in [1.54, 1.807) is 48.5 Å². The lowest BCUT2D eigenvalue weighted by Gasteiger charge is -2.24. The summed E-state index contributed by atoms with van der Waals surface area (Å²) in [4.78, 5) is 26.5. The normalized spacial score (nSPS) is 18.6. The van der Waals surface area contributed by atoms with Crippen molar-refractivity contribution < 1.29 is 14.7 Å². The highest BCUT2D eigenvalue weighted by Gasteiger charge is 2.39. The van der Waals surface area contributed by atoms with Crippen LogP contribution in [0.15, 0.2) is 48.5 Å². The van der Waals surface area contributed by atoms with Crippen molar-refractivity contribution in [1.82, 2.24) is 4.90 Å². The Labute approximate surface area is 161 Å². The van der Waals surface area contributed by atoms with Crippen molar-refractivity contribution in [3.8, 4) is 6.07 Å². The van der Waals surface area contributed by atoms with Crippen LogP contribution in [-0.4, -0.2) is 40.6 Å². The number of hydrogen-bond donors (Lipinski definition) is 3. The van der Waals surface area contributed by atoms with Crippen molar-refractivity contribution >= 4 is 34.9 Å². The van der Waals surface area contributed by atoms with Crippen LogP contribution in [0.3, 0.4) is 0 Å². The number of urea groups is 1. The average molecular weight is 385 g/mol. The molecule has 27 heavy (non-hydrogen) atoms. The summed E-state index contributed by atoms with van der Waals surface area (Å²) in [7, 11) is 0. The molecule has 2 atom stereocenters. The topological polar surface area (TPSA) is 105 Å². The van der Waals surface area contributed by atoms with Crippen LogP contribution in [-0.2, 0) is 4.79 Å². The molecule has 3 amide bonds. The van der Waals surface area contributed by atoms with E-state index in [4.69, 9.17) is 16.9 Å². The van der Waals surface area contributed by atoms with E-state index in [1.165, 1.54) is 4.90 Å². The van der Waals surface area contributed by atoms with Crippen LogP contribution in [0, 0.1) is 11.3 Å². The SMILES string of the molecule is N#Cc1ccc(NC(=O)[C@H]2C[C@@H](O)CN2C(=O)Nc2ccc(Cl)cc2)cc1. The molecule has 2 aromatic rings. The van der Waals surface area contributed by atoms with Gasteiger partial charge in [0.2, 0.25) is 5.91 Å².